The largest absolute Gasteiger partial charge is 0.344 e. The van der Waals surface area contributed by atoms with Crippen molar-refractivity contribution in [3.05, 3.63) is 83.4 Å². The Labute approximate surface area is 188 Å². The Kier molecular flexibility index (Phi) is 6.30. The van der Waals surface area contributed by atoms with Gasteiger partial charge in [0.2, 0.25) is 5.91 Å². The summed E-state index contributed by atoms with van der Waals surface area (Å²) < 4.78 is 0. The van der Waals surface area contributed by atoms with Crippen molar-refractivity contribution in [1.82, 2.24) is 19.8 Å². The Bertz CT molecular complexity index is 1110. The first kappa shape index (κ1) is 21.7. The van der Waals surface area contributed by atoms with Crippen LogP contribution in [0.25, 0.3) is 11.1 Å². The van der Waals surface area contributed by atoms with Gasteiger partial charge in [-0.15, -0.1) is 0 Å². The topological polar surface area (TPSA) is 66.4 Å². The van der Waals surface area contributed by atoms with E-state index in [1.807, 2.05) is 32.2 Å². The Morgan fingerprint density at radius 3 is 2.38 bits per heavy atom. The Balaban J connectivity index is 1.53. The van der Waals surface area contributed by atoms with Crippen LogP contribution in [0, 0.1) is 19.8 Å². The predicted octanol–water partition coefficient (Wildman–Crippen LogP) is 3.53. The van der Waals surface area contributed by atoms with E-state index in [1.54, 1.807) is 22.9 Å². The molecule has 2 aromatic carbocycles. The molecule has 1 saturated heterocycles. The van der Waals surface area contributed by atoms with Crippen LogP contribution in [-0.4, -0.2) is 58.3 Å². The quantitative estimate of drug-likeness (QED) is 0.638. The molecule has 0 bridgehead atoms. The van der Waals surface area contributed by atoms with Gasteiger partial charge >= 0.3 is 0 Å². The minimum Gasteiger partial charge on any atom is -0.344 e. The van der Waals surface area contributed by atoms with Gasteiger partial charge in [0.1, 0.15) is 5.82 Å². The summed E-state index contributed by atoms with van der Waals surface area (Å²) in [6.07, 6.45) is 2.18. The predicted molar refractivity (Wildman–Crippen MR) is 124 cm³/mol. The Hall–Kier alpha value is -3.54. The van der Waals surface area contributed by atoms with Crippen molar-refractivity contribution in [3.8, 4) is 11.1 Å². The second-order valence-corrected chi connectivity index (χ2v) is 8.39. The van der Waals surface area contributed by atoms with Gasteiger partial charge in [-0.05, 0) is 37.0 Å². The number of rotatable bonds is 4. The first-order valence-corrected chi connectivity index (χ1v) is 10.9. The van der Waals surface area contributed by atoms with Gasteiger partial charge in [0.05, 0.1) is 17.2 Å². The molecule has 1 aliphatic rings. The minimum absolute atomic E-state index is 0.0734. The summed E-state index contributed by atoms with van der Waals surface area (Å²) in [5, 5.41) is 0. The summed E-state index contributed by atoms with van der Waals surface area (Å²) in [6.45, 7) is 5.02. The van der Waals surface area contributed by atoms with Crippen LogP contribution in [-0.2, 0) is 11.2 Å². The van der Waals surface area contributed by atoms with E-state index in [-0.39, 0.29) is 17.7 Å². The summed E-state index contributed by atoms with van der Waals surface area (Å²) in [5.74, 6) is 0.307. The molecule has 0 N–H and O–H groups in total. The molecule has 0 saturated carbocycles. The second kappa shape index (κ2) is 9.30. The van der Waals surface area contributed by atoms with Crippen LogP contribution < -0.4 is 0 Å². The average molecular weight is 429 g/mol. The van der Waals surface area contributed by atoms with Gasteiger partial charge in [-0.2, -0.15) is 0 Å². The van der Waals surface area contributed by atoms with Crippen LogP contribution in [0.4, 0.5) is 0 Å². The van der Waals surface area contributed by atoms with Crippen molar-refractivity contribution in [2.45, 2.75) is 20.3 Å². The number of aromatic nitrogens is 2. The fourth-order valence-corrected chi connectivity index (χ4v) is 4.18. The lowest BCUT2D eigenvalue weighted by Gasteiger charge is -2.24. The molecule has 1 atom stereocenters. The normalized spacial score (nSPS) is 16.7. The van der Waals surface area contributed by atoms with Crippen molar-refractivity contribution >= 4 is 11.8 Å². The number of hydrogen-bond acceptors (Lipinski definition) is 4. The second-order valence-electron chi connectivity index (χ2n) is 8.39. The highest BCUT2D eigenvalue weighted by Gasteiger charge is 2.31. The molecule has 0 aliphatic carbocycles. The van der Waals surface area contributed by atoms with Crippen molar-refractivity contribution in [2.24, 2.45) is 5.92 Å². The van der Waals surface area contributed by atoms with Gasteiger partial charge in [0, 0.05) is 32.9 Å². The third kappa shape index (κ3) is 4.69. The van der Waals surface area contributed by atoms with Crippen LogP contribution in [0.5, 0.6) is 0 Å². The fraction of sp³-hybridized carbons (Fsp3) is 0.308. The zero-order chi connectivity index (χ0) is 22.7. The smallest absolute Gasteiger partial charge is 0.257 e. The molecule has 1 fully saturated rings. The summed E-state index contributed by atoms with van der Waals surface area (Å²) in [4.78, 5) is 38.3. The third-order valence-corrected chi connectivity index (χ3v) is 6.03. The molecule has 32 heavy (non-hydrogen) atoms. The van der Waals surface area contributed by atoms with Crippen molar-refractivity contribution in [2.75, 3.05) is 26.7 Å². The van der Waals surface area contributed by atoms with Crippen LogP contribution >= 0.6 is 0 Å². The number of nitrogens with zero attached hydrogens (tertiary/aromatic N) is 4. The lowest BCUT2D eigenvalue weighted by molar-refractivity contribution is -0.133. The number of hydrogen-bond donors (Lipinski definition) is 0. The molecule has 1 aliphatic heterocycles. The minimum atomic E-state index is -0.291. The van der Waals surface area contributed by atoms with E-state index in [0.717, 1.165) is 16.7 Å². The zero-order valence-electron chi connectivity index (χ0n) is 18.8. The fourth-order valence-electron chi connectivity index (χ4n) is 4.18. The molecule has 0 unspecified atom stereocenters. The van der Waals surface area contributed by atoms with Gasteiger partial charge in [0.25, 0.3) is 5.91 Å². The molecule has 6 nitrogen and oxygen atoms in total. The SMILES string of the molecule is Cc1ncc(C(=O)N2CCN(C)C(=O)[C@@H](Cc3ccc(-c4ccccc4)cc3)C2)c(C)n1. The van der Waals surface area contributed by atoms with E-state index in [2.05, 4.69) is 46.4 Å². The lowest BCUT2D eigenvalue weighted by Crippen LogP contribution is -2.37. The van der Waals surface area contributed by atoms with E-state index >= 15 is 0 Å². The number of benzene rings is 2. The monoisotopic (exact) mass is 428 g/mol. The summed E-state index contributed by atoms with van der Waals surface area (Å²) in [6, 6.07) is 18.5. The van der Waals surface area contributed by atoms with Crippen molar-refractivity contribution in [1.29, 1.82) is 0 Å². The van der Waals surface area contributed by atoms with E-state index in [9.17, 15) is 9.59 Å². The van der Waals surface area contributed by atoms with Crippen LogP contribution in [0.15, 0.2) is 60.8 Å². The van der Waals surface area contributed by atoms with E-state index in [4.69, 9.17) is 0 Å². The molecule has 0 radical (unpaired) electrons. The third-order valence-electron chi connectivity index (χ3n) is 6.03. The number of aryl methyl sites for hydroxylation is 2. The molecular formula is C26H28N4O2. The lowest BCUT2D eigenvalue weighted by atomic mass is 9.95. The summed E-state index contributed by atoms with van der Waals surface area (Å²) in [7, 11) is 1.81. The Morgan fingerprint density at radius 1 is 1.00 bits per heavy atom. The highest BCUT2D eigenvalue weighted by atomic mass is 16.2. The average Bonchev–Trinajstić information content (AvgIpc) is 2.94. The number of likely N-dealkylation sites (N-methyl/N-ethyl adjacent to an activating group) is 1. The molecule has 1 aromatic heterocycles. The summed E-state index contributed by atoms with van der Waals surface area (Å²) >= 11 is 0. The van der Waals surface area contributed by atoms with Crippen LogP contribution in [0.1, 0.15) is 27.4 Å². The molecule has 3 aromatic rings. The van der Waals surface area contributed by atoms with Gasteiger partial charge in [-0.25, -0.2) is 9.97 Å². The maximum Gasteiger partial charge on any atom is 0.257 e. The first-order chi connectivity index (χ1) is 15.4. The van der Waals surface area contributed by atoms with Gasteiger partial charge in [-0.3, -0.25) is 9.59 Å². The van der Waals surface area contributed by atoms with Gasteiger partial charge in [-0.1, -0.05) is 54.6 Å². The molecule has 164 valence electrons. The Morgan fingerprint density at radius 2 is 1.69 bits per heavy atom. The van der Waals surface area contributed by atoms with Crippen molar-refractivity contribution in [3.63, 3.8) is 0 Å². The number of amides is 2. The van der Waals surface area contributed by atoms with E-state index in [1.165, 1.54) is 0 Å². The van der Waals surface area contributed by atoms with Crippen LogP contribution in [0.2, 0.25) is 0 Å². The molecule has 2 heterocycles. The van der Waals surface area contributed by atoms with Gasteiger partial charge < -0.3 is 9.80 Å². The highest BCUT2D eigenvalue weighted by Crippen LogP contribution is 2.22. The summed E-state index contributed by atoms with van der Waals surface area (Å²) in [5.41, 5.74) is 4.56. The highest BCUT2D eigenvalue weighted by molar-refractivity contribution is 5.95. The number of carbonyl (C=O) groups is 2. The first-order valence-electron chi connectivity index (χ1n) is 10.9. The van der Waals surface area contributed by atoms with Gasteiger partial charge in [0.15, 0.2) is 0 Å². The number of carbonyl (C=O) groups excluding carboxylic acids is 2. The maximum absolute atomic E-state index is 13.2. The van der Waals surface area contributed by atoms with Crippen molar-refractivity contribution < 1.29 is 9.59 Å². The molecule has 0 spiro atoms. The molecule has 4 rings (SSSR count). The van der Waals surface area contributed by atoms with E-state index in [0.29, 0.717) is 43.1 Å². The maximum atomic E-state index is 13.2. The van der Waals surface area contributed by atoms with Crippen LogP contribution in [0.3, 0.4) is 0 Å². The zero-order valence-corrected chi connectivity index (χ0v) is 18.8. The molecule has 6 heteroatoms. The van der Waals surface area contributed by atoms with E-state index < -0.39 is 0 Å². The standard InChI is InChI=1S/C26H28N4O2/c1-18-24(16-27-19(2)28-18)26(32)30-14-13-29(3)25(31)23(17-30)15-20-9-11-22(12-10-20)21-7-5-4-6-8-21/h4-12,16,23H,13-15,17H2,1-3H3/t23-/m0/s1. The molecular weight excluding hydrogens is 400 g/mol. The molecule has 2 amide bonds.